The number of nitrogens with zero attached hydrogens (tertiary/aromatic N) is 2. The first-order chi connectivity index (χ1) is 18.5. The van der Waals surface area contributed by atoms with Gasteiger partial charge in [0, 0.05) is 31.7 Å². The van der Waals surface area contributed by atoms with Gasteiger partial charge >= 0.3 is 0 Å². The predicted octanol–water partition coefficient (Wildman–Crippen LogP) is 6.24. The third kappa shape index (κ3) is 5.63. The summed E-state index contributed by atoms with van der Waals surface area (Å²) in [4.78, 5) is 9.69. The Morgan fingerprint density at radius 3 is 2.10 bits per heavy atom. The van der Waals surface area contributed by atoms with Crippen molar-refractivity contribution in [3.63, 3.8) is 0 Å². The molecule has 2 unspecified atom stereocenters. The van der Waals surface area contributed by atoms with Gasteiger partial charge in [0.1, 0.15) is 0 Å². The molecule has 0 fully saturated rings. The number of pyridine rings is 2. The maximum Gasteiger partial charge on any atom is 0.0890 e. The van der Waals surface area contributed by atoms with Gasteiger partial charge in [-0.3, -0.25) is 4.98 Å². The van der Waals surface area contributed by atoms with Gasteiger partial charge < -0.3 is 10.2 Å². The van der Waals surface area contributed by atoms with Crippen molar-refractivity contribution in [3.05, 3.63) is 144 Å². The second kappa shape index (κ2) is 12.6. The summed E-state index contributed by atoms with van der Waals surface area (Å²) in [6.45, 7) is 3.32. The zero-order valence-corrected chi connectivity index (χ0v) is 24.3. The van der Waals surface area contributed by atoms with E-state index >= 15 is 0 Å². The number of benzene rings is 3. The summed E-state index contributed by atoms with van der Waals surface area (Å²) in [7, 11) is 0. The molecule has 3 aromatic carbocycles. The van der Waals surface area contributed by atoms with Gasteiger partial charge in [0.25, 0.3) is 0 Å². The molecule has 4 nitrogen and oxygen atoms in total. The number of hydrogen-bond donors (Lipinski definition) is 2. The molecule has 1 aliphatic carbocycles. The number of aliphatic hydroxyl groups excluding tert-OH is 2. The first-order valence-corrected chi connectivity index (χ1v) is 12.8. The molecule has 1 radical (unpaired) electrons. The van der Waals surface area contributed by atoms with Crippen LogP contribution < -0.4 is 0 Å². The van der Waals surface area contributed by atoms with E-state index < -0.39 is 5.41 Å². The molecule has 6 rings (SSSR count). The normalized spacial score (nSPS) is 16.5. The Bertz CT molecular complexity index is 1450. The van der Waals surface area contributed by atoms with Gasteiger partial charge in [-0.1, -0.05) is 42.0 Å². The van der Waals surface area contributed by atoms with E-state index in [1.54, 1.807) is 20.0 Å². The van der Waals surface area contributed by atoms with Crippen LogP contribution >= 0.6 is 0 Å². The Kier molecular flexibility index (Phi) is 9.21. The Morgan fingerprint density at radius 2 is 1.41 bits per heavy atom. The summed E-state index contributed by atoms with van der Waals surface area (Å²) in [5.41, 5.74) is 7.89. The van der Waals surface area contributed by atoms with E-state index in [1.807, 2.05) is 42.5 Å². The van der Waals surface area contributed by atoms with Gasteiger partial charge in [0.05, 0.1) is 29.3 Å². The van der Waals surface area contributed by atoms with Crippen LogP contribution in [0, 0.1) is 12.1 Å². The summed E-state index contributed by atoms with van der Waals surface area (Å²) >= 11 is 0. The van der Waals surface area contributed by atoms with Crippen LogP contribution in [0.1, 0.15) is 42.7 Å². The summed E-state index contributed by atoms with van der Waals surface area (Å²) in [6, 6.07) is 42.2. The fourth-order valence-corrected chi connectivity index (χ4v) is 5.26. The standard InChI is InChI=1S/C29H18N2.C5H12O2.Ir/c1-2-11-21(12-3-1)29(28-19-10-18-27(31-28)26-17-8-9-20-30-26)24-15-6-4-13-22(24)23-14-5-7-16-25(23)29;1-4(6)3-5(2)7;/h1-11,13-15,17-20H;4-7H,3H2,1-2H3;/q-2;;/t29-;;/m0../s1. The predicted molar refractivity (Wildman–Crippen MR) is 150 cm³/mol. The Labute approximate surface area is 243 Å². The summed E-state index contributed by atoms with van der Waals surface area (Å²) < 4.78 is 0. The second-order valence-corrected chi connectivity index (χ2v) is 9.59. The molecule has 0 spiro atoms. The summed E-state index contributed by atoms with van der Waals surface area (Å²) in [5.74, 6) is 0. The largest absolute Gasteiger partial charge is 0.393 e. The molecule has 2 heterocycles. The Morgan fingerprint density at radius 1 is 0.718 bits per heavy atom. The van der Waals surface area contributed by atoms with Crippen LogP contribution in [0.5, 0.6) is 0 Å². The van der Waals surface area contributed by atoms with E-state index in [-0.39, 0.29) is 32.3 Å². The van der Waals surface area contributed by atoms with Gasteiger partial charge in [-0.25, -0.2) is 4.98 Å². The average Bonchev–Trinajstić information content (AvgIpc) is 3.25. The van der Waals surface area contributed by atoms with Crippen LogP contribution in [0.2, 0.25) is 0 Å². The maximum atomic E-state index is 8.56. The molecule has 1 aliphatic rings. The fraction of sp³-hybridized carbons (Fsp3) is 0.176. The molecule has 0 saturated heterocycles. The molecule has 0 saturated carbocycles. The first-order valence-electron chi connectivity index (χ1n) is 12.8. The van der Waals surface area contributed by atoms with Crippen molar-refractivity contribution in [2.24, 2.45) is 0 Å². The van der Waals surface area contributed by atoms with E-state index in [9.17, 15) is 0 Å². The van der Waals surface area contributed by atoms with Crippen molar-refractivity contribution in [2.75, 3.05) is 0 Å². The van der Waals surface area contributed by atoms with Crippen LogP contribution in [0.3, 0.4) is 0 Å². The van der Waals surface area contributed by atoms with E-state index in [1.165, 1.54) is 16.7 Å². The van der Waals surface area contributed by atoms with E-state index in [0.717, 1.165) is 28.2 Å². The number of rotatable bonds is 5. The monoisotopic (exact) mass is 691 g/mol. The van der Waals surface area contributed by atoms with Crippen LogP contribution in [0.4, 0.5) is 0 Å². The van der Waals surface area contributed by atoms with Crippen molar-refractivity contribution in [1.82, 2.24) is 9.97 Å². The van der Waals surface area contributed by atoms with Gasteiger partial charge in [-0.05, 0) is 50.1 Å². The molecular formula is C34H30IrN2O2-2. The summed E-state index contributed by atoms with van der Waals surface area (Å²) in [5, 5.41) is 17.1. The smallest absolute Gasteiger partial charge is 0.0890 e. The van der Waals surface area contributed by atoms with Gasteiger partial charge in [-0.2, -0.15) is 54.6 Å². The molecule has 0 aliphatic heterocycles. The quantitative estimate of drug-likeness (QED) is 0.210. The van der Waals surface area contributed by atoms with Crippen molar-refractivity contribution < 1.29 is 30.3 Å². The average molecular weight is 691 g/mol. The minimum Gasteiger partial charge on any atom is -0.393 e. The maximum absolute atomic E-state index is 8.56. The first kappa shape index (κ1) is 28.5. The van der Waals surface area contributed by atoms with Crippen LogP contribution in [0.25, 0.3) is 22.5 Å². The van der Waals surface area contributed by atoms with Crippen LogP contribution in [0.15, 0.2) is 109 Å². The SMILES string of the molecule is CC(O)CC(C)O.[Ir].[c-]1ccccc1[C@@]1(c2cccc(-c3ccccn3)n2)c2[c-]cccc2-c2ccccc21. The second-order valence-electron chi connectivity index (χ2n) is 9.59. The van der Waals surface area contributed by atoms with Gasteiger partial charge in [0.15, 0.2) is 0 Å². The molecule has 39 heavy (non-hydrogen) atoms. The van der Waals surface area contributed by atoms with E-state index in [2.05, 4.69) is 77.8 Å². The summed E-state index contributed by atoms with van der Waals surface area (Å²) in [6.07, 6.45) is 1.53. The minimum absolute atomic E-state index is 0. The van der Waals surface area contributed by atoms with Crippen molar-refractivity contribution in [2.45, 2.75) is 37.9 Å². The molecule has 199 valence electrons. The zero-order chi connectivity index (χ0) is 26.5. The molecule has 2 N–H and O–H groups in total. The number of aliphatic hydroxyl groups is 2. The molecule has 0 amide bonds. The molecule has 2 aromatic heterocycles. The van der Waals surface area contributed by atoms with Gasteiger partial charge in [-0.15, -0.1) is 16.7 Å². The van der Waals surface area contributed by atoms with Crippen LogP contribution in [-0.2, 0) is 25.5 Å². The van der Waals surface area contributed by atoms with Gasteiger partial charge in [0.2, 0.25) is 0 Å². The Hall–Kier alpha value is -3.47. The fourth-order valence-electron chi connectivity index (χ4n) is 5.26. The van der Waals surface area contributed by atoms with Crippen molar-refractivity contribution in [1.29, 1.82) is 0 Å². The third-order valence-electron chi connectivity index (χ3n) is 6.71. The topological polar surface area (TPSA) is 66.2 Å². The van der Waals surface area contributed by atoms with E-state index in [4.69, 9.17) is 15.2 Å². The minimum atomic E-state index is -0.584. The molecule has 3 atom stereocenters. The van der Waals surface area contributed by atoms with Crippen molar-refractivity contribution >= 4 is 0 Å². The number of fused-ring (bicyclic) bond motifs is 3. The molecule has 5 heteroatoms. The van der Waals surface area contributed by atoms with E-state index in [0.29, 0.717) is 6.42 Å². The Balaban J connectivity index is 0.000000394. The molecule has 5 aromatic rings. The number of aromatic nitrogens is 2. The zero-order valence-electron chi connectivity index (χ0n) is 21.9. The van der Waals surface area contributed by atoms with Crippen molar-refractivity contribution in [3.8, 4) is 22.5 Å². The van der Waals surface area contributed by atoms with Crippen LogP contribution in [-0.4, -0.2) is 32.4 Å². The third-order valence-corrected chi connectivity index (χ3v) is 6.71. The molecule has 0 bridgehead atoms. The molecular weight excluding hydrogens is 661 g/mol. The number of hydrogen-bond acceptors (Lipinski definition) is 4.